The van der Waals surface area contributed by atoms with Crippen LogP contribution in [-0.4, -0.2) is 5.54 Å². The molecule has 0 bridgehead atoms. The minimum Gasteiger partial charge on any atom is -0.336 e. The Bertz CT molecular complexity index is 1210. The first-order valence-corrected chi connectivity index (χ1v) is 11.2. The van der Waals surface area contributed by atoms with E-state index in [4.69, 9.17) is 0 Å². The Morgan fingerprint density at radius 1 is 0.548 bits per heavy atom. The van der Waals surface area contributed by atoms with E-state index in [0.717, 1.165) is 6.42 Å². The Morgan fingerprint density at radius 2 is 0.935 bits per heavy atom. The number of hydrogen-bond donors (Lipinski definition) is 0. The molecular weight excluding hydrogens is 374 g/mol. The summed E-state index contributed by atoms with van der Waals surface area (Å²) in [5.41, 5.74) is 10.7. The molecule has 0 saturated carbocycles. The fourth-order valence-electron chi connectivity index (χ4n) is 5.98. The van der Waals surface area contributed by atoms with Crippen molar-refractivity contribution in [2.24, 2.45) is 0 Å². The van der Waals surface area contributed by atoms with Crippen molar-refractivity contribution in [2.45, 2.75) is 38.1 Å². The zero-order chi connectivity index (χ0) is 21.2. The second kappa shape index (κ2) is 6.34. The topological polar surface area (TPSA) is 3.24 Å². The zero-order valence-corrected chi connectivity index (χ0v) is 18.4. The van der Waals surface area contributed by atoms with Gasteiger partial charge in [0.15, 0.2) is 0 Å². The van der Waals surface area contributed by atoms with Gasteiger partial charge in [-0.15, -0.1) is 0 Å². The molecule has 1 aliphatic heterocycles. The van der Waals surface area contributed by atoms with Crippen LogP contribution < -0.4 is 4.90 Å². The van der Waals surface area contributed by atoms with Crippen molar-refractivity contribution in [3.8, 4) is 0 Å². The van der Waals surface area contributed by atoms with Gasteiger partial charge in [0.1, 0.15) is 0 Å². The number of fused-ring (bicyclic) bond motifs is 8. The van der Waals surface area contributed by atoms with Crippen molar-refractivity contribution >= 4 is 11.4 Å². The van der Waals surface area contributed by atoms with E-state index < -0.39 is 0 Å². The van der Waals surface area contributed by atoms with Gasteiger partial charge in [-0.25, -0.2) is 0 Å². The van der Waals surface area contributed by atoms with Crippen molar-refractivity contribution in [2.75, 3.05) is 4.90 Å². The monoisotopic (exact) mass is 401 g/mol. The standard InChI is InChI=1S/C30H27N/c1-29(2,3)31-27-18-10-8-16-25(27)30(26-17-9-11-19-28(26)31)23-14-6-4-12-21(23)20-22-13-5-7-15-24(22)30/h4-19H,20H2,1-3H3. The normalized spacial score (nSPS) is 15.6. The Kier molecular flexibility index (Phi) is 3.77. The predicted octanol–water partition coefficient (Wildman–Crippen LogP) is 7.22. The van der Waals surface area contributed by atoms with Crippen molar-refractivity contribution < 1.29 is 0 Å². The summed E-state index contributed by atoms with van der Waals surface area (Å²) in [6.07, 6.45) is 0.988. The van der Waals surface area contributed by atoms with E-state index in [1.165, 1.54) is 44.8 Å². The summed E-state index contributed by atoms with van der Waals surface area (Å²) < 4.78 is 0. The summed E-state index contributed by atoms with van der Waals surface area (Å²) in [6.45, 7) is 6.92. The highest BCUT2D eigenvalue weighted by Crippen LogP contribution is 2.59. The van der Waals surface area contributed by atoms with E-state index in [2.05, 4.69) is 123 Å². The molecule has 0 amide bonds. The minimum atomic E-state index is -0.305. The molecule has 0 saturated heterocycles. The van der Waals surface area contributed by atoms with Crippen LogP contribution in [-0.2, 0) is 11.8 Å². The molecule has 0 radical (unpaired) electrons. The van der Waals surface area contributed by atoms with Gasteiger partial charge in [0.05, 0.1) is 5.41 Å². The third-order valence-corrected chi connectivity index (χ3v) is 6.99. The number of anilines is 2. The van der Waals surface area contributed by atoms with Gasteiger partial charge < -0.3 is 4.90 Å². The highest BCUT2D eigenvalue weighted by Gasteiger charge is 2.50. The molecule has 6 rings (SSSR count). The molecule has 0 N–H and O–H groups in total. The van der Waals surface area contributed by atoms with E-state index in [0.29, 0.717) is 0 Å². The Balaban J connectivity index is 1.84. The fourth-order valence-corrected chi connectivity index (χ4v) is 5.98. The molecule has 0 fully saturated rings. The lowest BCUT2D eigenvalue weighted by atomic mass is 9.57. The van der Waals surface area contributed by atoms with Crippen LogP contribution in [0.15, 0.2) is 97.1 Å². The molecule has 1 nitrogen and oxygen atoms in total. The van der Waals surface area contributed by atoms with Crippen LogP contribution >= 0.6 is 0 Å². The molecular formula is C30H27N. The van der Waals surface area contributed by atoms with E-state index in [-0.39, 0.29) is 11.0 Å². The van der Waals surface area contributed by atoms with Crippen molar-refractivity contribution in [3.63, 3.8) is 0 Å². The van der Waals surface area contributed by atoms with Gasteiger partial charge in [0, 0.05) is 16.9 Å². The number of para-hydroxylation sites is 2. The van der Waals surface area contributed by atoms with Gasteiger partial charge in [-0.3, -0.25) is 0 Å². The summed E-state index contributed by atoms with van der Waals surface area (Å²) in [5.74, 6) is 0. The van der Waals surface area contributed by atoms with E-state index in [9.17, 15) is 0 Å². The lowest BCUT2D eigenvalue weighted by Gasteiger charge is -2.52. The SMILES string of the molecule is CC(C)(C)N1c2ccccc2C2(c3ccccc3Cc3ccccc32)c2ccccc21. The van der Waals surface area contributed by atoms with Crippen LogP contribution in [0, 0.1) is 0 Å². The lowest BCUT2D eigenvalue weighted by Crippen LogP contribution is -2.47. The average Bonchev–Trinajstić information content (AvgIpc) is 2.78. The van der Waals surface area contributed by atoms with E-state index in [1.807, 2.05) is 0 Å². The Labute approximate surface area is 185 Å². The van der Waals surface area contributed by atoms with Gasteiger partial charge in [0.2, 0.25) is 0 Å². The zero-order valence-electron chi connectivity index (χ0n) is 18.4. The number of nitrogens with zero attached hydrogens (tertiary/aromatic N) is 1. The van der Waals surface area contributed by atoms with Gasteiger partial charge in [-0.2, -0.15) is 0 Å². The molecule has 1 heteroatoms. The number of hydrogen-bond acceptors (Lipinski definition) is 1. The lowest BCUT2D eigenvalue weighted by molar-refractivity contribution is 0.541. The first kappa shape index (κ1) is 18.4. The smallest absolute Gasteiger partial charge is 0.0747 e. The van der Waals surface area contributed by atoms with Gasteiger partial charge >= 0.3 is 0 Å². The van der Waals surface area contributed by atoms with Crippen molar-refractivity contribution in [3.05, 3.63) is 130 Å². The van der Waals surface area contributed by atoms with E-state index in [1.54, 1.807) is 0 Å². The quantitative estimate of drug-likeness (QED) is 0.265. The maximum absolute atomic E-state index is 2.53. The summed E-state index contributed by atoms with van der Waals surface area (Å²) in [7, 11) is 0. The summed E-state index contributed by atoms with van der Waals surface area (Å²) >= 11 is 0. The molecule has 4 aromatic carbocycles. The van der Waals surface area contributed by atoms with Crippen molar-refractivity contribution in [1.82, 2.24) is 0 Å². The first-order valence-electron chi connectivity index (χ1n) is 11.2. The summed E-state index contributed by atoms with van der Waals surface area (Å²) in [6, 6.07) is 36.2. The molecule has 1 heterocycles. The second-order valence-corrected chi connectivity index (χ2v) is 9.78. The van der Waals surface area contributed by atoms with Crippen LogP contribution in [0.2, 0.25) is 0 Å². The Hall–Kier alpha value is -3.32. The second-order valence-electron chi connectivity index (χ2n) is 9.78. The molecule has 0 aromatic heterocycles. The maximum atomic E-state index is 2.53. The minimum absolute atomic E-state index is 0.0402. The van der Waals surface area contributed by atoms with Crippen LogP contribution in [0.3, 0.4) is 0 Å². The Morgan fingerprint density at radius 3 is 1.39 bits per heavy atom. The largest absolute Gasteiger partial charge is 0.336 e. The van der Waals surface area contributed by atoms with Crippen molar-refractivity contribution in [1.29, 1.82) is 0 Å². The van der Waals surface area contributed by atoms with Crippen LogP contribution in [0.25, 0.3) is 0 Å². The average molecular weight is 402 g/mol. The molecule has 2 aliphatic rings. The maximum Gasteiger partial charge on any atom is 0.0747 e. The molecule has 0 atom stereocenters. The molecule has 152 valence electrons. The van der Waals surface area contributed by atoms with E-state index >= 15 is 0 Å². The fraction of sp³-hybridized carbons (Fsp3) is 0.200. The highest BCUT2D eigenvalue weighted by molar-refractivity contribution is 5.85. The number of benzene rings is 4. The van der Waals surface area contributed by atoms with Crippen LogP contribution in [0.5, 0.6) is 0 Å². The number of rotatable bonds is 0. The van der Waals surface area contributed by atoms with Crippen LogP contribution in [0.1, 0.15) is 54.2 Å². The summed E-state index contributed by atoms with van der Waals surface area (Å²) in [5, 5.41) is 0. The molecule has 1 aliphatic carbocycles. The predicted molar refractivity (Wildman–Crippen MR) is 129 cm³/mol. The molecule has 4 aromatic rings. The molecule has 31 heavy (non-hydrogen) atoms. The first-order chi connectivity index (χ1) is 15.0. The molecule has 0 unspecified atom stereocenters. The van der Waals surface area contributed by atoms with Gasteiger partial charge in [0.25, 0.3) is 0 Å². The summed E-state index contributed by atoms with van der Waals surface area (Å²) in [4.78, 5) is 2.53. The third kappa shape index (κ3) is 2.38. The highest BCUT2D eigenvalue weighted by atomic mass is 15.2. The van der Waals surface area contributed by atoms with Gasteiger partial charge in [-0.1, -0.05) is 84.9 Å². The van der Waals surface area contributed by atoms with Crippen LogP contribution in [0.4, 0.5) is 11.4 Å². The third-order valence-electron chi connectivity index (χ3n) is 6.99. The van der Waals surface area contributed by atoms with Gasteiger partial charge in [-0.05, 0) is 72.7 Å². The molecule has 1 spiro atoms.